The molecule has 0 spiro atoms. The summed E-state index contributed by atoms with van der Waals surface area (Å²) in [5.74, 6) is -0.388. The van der Waals surface area contributed by atoms with E-state index >= 15 is 0 Å². The van der Waals surface area contributed by atoms with Gasteiger partial charge >= 0.3 is 0 Å². The summed E-state index contributed by atoms with van der Waals surface area (Å²) in [5.41, 5.74) is 1.50. The maximum atomic E-state index is 13.4. The summed E-state index contributed by atoms with van der Waals surface area (Å²) in [6.45, 7) is 1.09. The molecule has 1 N–H and O–H groups in total. The van der Waals surface area contributed by atoms with Gasteiger partial charge in [0.25, 0.3) is 0 Å². The molecule has 27 heavy (non-hydrogen) atoms. The summed E-state index contributed by atoms with van der Waals surface area (Å²) in [7, 11) is -3.25. The van der Waals surface area contributed by atoms with Crippen molar-refractivity contribution in [3.63, 3.8) is 0 Å². The van der Waals surface area contributed by atoms with Crippen molar-refractivity contribution in [1.29, 1.82) is 0 Å². The van der Waals surface area contributed by atoms with Crippen molar-refractivity contribution in [2.75, 3.05) is 24.7 Å². The maximum absolute atomic E-state index is 13.4. The first kappa shape index (κ1) is 19.5. The fourth-order valence-corrected chi connectivity index (χ4v) is 4.07. The van der Waals surface area contributed by atoms with E-state index in [1.165, 1.54) is 18.2 Å². The van der Waals surface area contributed by atoms with Crippen LogP contribution in [0.15, 0.2) is 53.4 Å². The molecule has 1 amide bonds. The van der Waals surface area contributed by atoms with Crippen LogP contribution in [-0.2, 0) is 21.1 Å². The van der Waals surface area contributed by atoms with Gasteiger partial charge in [0.05, 0.1) is 11.4 Å². The van der Waals surface area contributed by atoms with Crippen molar-refractivity contribution in [3.05, 3.63) is 59.9 Å². The Hall–Kier alpha value is -2.25. The first-order valence-electron chi connectivity index (χ1n) is 8.90. The quantitative estimate of drug-likeness (QED) is 0.824. The number of carbonyl (C=O) groups excluding carboxylic acids is 1. The van der Waals surface area contributed by atoms with E-state index in [2.05, 4.69) is 10.2 Å². The summed E-state index contributed by atoms with van der Waals surface area (Å²) >= 11 is 0. The van der Waals surface area contributed by atoms with E-state index in [9.17, 15) is 17.6 Å². The SMILES string of the molecule is CS(=O)(=O)c1ccc(NC(=O)CN2CCCC2Cc2cccc(F)c2)cc1. The Morgan fingerprint density at radius 3 is 2.63 bits per heavy atom. The molecule has 2 aromatic rings. The van der Waals surface area contributed by atoms with Gasteiger partial charge in [-0.15, -0.1) is 0 Å². The van der Waals surface area contributed by atoms with E-state index in [1.807, 2.05) is 6.07 Å². The Balaban J connectivity index is 1.58. The average molecular weight is 390 g/mol. The van der Waals surface area contributed by atoms with Gasteiger partial charge in [-0.05, 0) is 67.8 Å². The average Bonchev–Trinajstić information content (AvgIpc) is 3.01. The van der Waals surface area contributed by atoms with Gasteiger partial charge in [0.2, 0.25) is 5.91 Å². The lowest BCUT2D eigenvalue weighted by atomic mass is 10.0. The third kappa shape index (κ3) is 5.37. The van der Waals surface area contributed by atoms with Gasteiger partial charge in [-0.3, -0.25) is 9.69 Å². The highest BCUT2D eigenvalue weighted by Crippen LogP contribution is 2.22. The summed E-state index contributed by atoms with van der Waals surface area (Å²) < 4.78 is 36.3. The molecule has 0 aromatic heterocycles. The van der Waals surface area contributed by atoms with Crippen LogP contribution in [-0.4, -0.2) is 44.6 Å². The Morgan fingerprint density at radius 1 is 1.22 bits per heavy atom. The minimum absolute atomic E-state index is 0.145. The number of amides is 1. The Morgan fingerprint density at radius 2 is 1.96 bits per heavy atom. The lowest BCUT2D eigenvalue weighted by Crippen LogP contribution is -2.37. The fraction of sp³-hybridized carbons (Fsp3) is 0.350. The number of anilines is 1. The zero-order valence-corrected chi connectivity index (χ0v) is 16.0. The van der Waals surface area contributed by atoms with E-state index in [-0.39, 0.29) is 29.2 Å². The lowest BCUT2D eigenvalue weighted by molar-refractivity contribution is -0.117. The molecule has 1 atom stereocenters. The highest BCUT2D eigenvalue weighted by Gasteiger charge is 2.26. The highest BCUT2D eigenvalue weighted by atomic mass is 32.2. The van der Waals surface area contributed by atoms with Crippen LogP contribution in [0.4, 0.5) is 10.1 Å². The van der Waals surface area contributed by atoms with Crippen LogP contribution in [0.3, 0.4) is 0 Å². The molecule has 3 rings (SSSR count). The molecular weight excluding hydrogens is 367 g/mol. The first-order chi connectivity index (χ1) is 12.8. The molecular formula is C20H23FN2O3S. The van der Waals surface area contributed by atoms with Crippen LogP contribution in [0.2, 0.25) is 0 Å². The number of halogens is 1. The zero-order chi connectivity index (χ0) is 19.4. The number of rotatable bonds is 6. The Bertz CT molecular complexity index is 913. The number of carbonyl (C=O) groups is 1. The van der Waals surface area contributed by atoms with Crippen molar-refractivity contribution in [1.82, 2.24) is 4.90 Å². The van der Waals surface area contributed by atoms with E-state index in [0.29, 0.717) is 12.1 Å². The third-order valence-corrected chi connectivity index (χ3v) is 5.90. The predicted molar refractivity (Wildman–Crippen MR) is 103 cm³/mol. The van der Waals surface area contributed by atoms with Crippen molar-refractivity contribution < 1.29 is 17.6 Å². The van der Waals surface area contributed by atoms with Crippen LogP contribution in [0.1, 0.15) is 18.4 Å². The van der Waals surface area contributed by atoms with Crippen LogP contribution in [0.25, 0.3) is 0 Å². The van der Waals surface area contributed by atoms with E-state index < -0.39 is 9.84 Å². The number of sulfone groups is 1. The number of hydrogen-bond acceptors (Lipinski definition) is 4. The molecule has 0 saturated carbocycles. The van der Waals surface area contributed by atoms with Gasteiger partial charge in [0, 0.05) is 18.0 Å². The summed E-state index contributed by atoms with van der Waals surface area (Å²) in [6.07, 6.45) is 3.85. The second kappa shape index (κ2) is 8.19. The van der Waals surface area contributed by atoms with E-state index in [1.54, 1.807) is 24.3 Å². The zero-order valence-electron chi connectivity index (χ0n) is 15.2. The van der Waals surface area contributed by atoms with Crippen LogP contribution < -0.4 is 5.32 Å². The topological polar surface area (TPSA) is 66.5 Å². The largest absolute Gasteiger partial charge is 0.325 e. The van der Waals surface area contributed by atoms with E-state index in [4.69, 9.17) is 0 Å². The normalized spacial score (nSPS) is 17.8. The molecule has 2 aromatic carbocycles. The van der Waals surface area contributed by atoms with Crippen molar-refractivity contribution in [2.24, 2.45) is 0 Å². The lowest BCUT2D eigenvalue weighted by Gasteiger charge is -2.24. The highest BCUT2D eigenvalue weighted by molar-refractivity contribution is 7.90. The van der Waals surface area contributed by atoms with Crippen LogP contribution >= 0.6 is 0 Å². The predicted octanol–water partition coefficient (Wildman–Crippen LogP) is 2.87. The number of hydrogen-bond donors (Lipinski definition) is 1. The molecule has 1 saturated heterocycles. The third-order valence-electron chi connectivity index (χ3n) is 4.77. The number of benzene rings is 2. The number of likely N-dealkylation sites (tertiary alicyclic amines) is 1. The maximum Gasteiger partial charge on any atom is 0.238 e. The van der Waals surface area contributed by atoms with Gasteiger partial charge in [0.1, 0.15) is 5.82 Å². The molecule has 1 aliphatic heterocycles. The van der Waals surface area contributed by atoms with Crippen LogP contribution in [0, 0.1) is 5.82 Å². The Labute approximate surface area is 159 Å². The van der Waals surface area contributed by atoms with Gasteiger partial charge in [-0.1, -0.05) is 12.1 Å². The molecule has 1 unspecified atom stereocenters. The number of nitrogens with zero attached hydrogens (tertiary/aromatic N) is 1. The molecule has 1 fully saturated rings. The molecule has 0 radical (unpaired) electrons. The summed E-state index contributed by atoms with van der Waals surface area (Å²) in [4.78, 5) is 14.7. The fourth-order valence-electron chi connectivity index (χ4n) is 3.44. The minimum Gasteiger partial charge on any atom is -0.325 e. The molecule has 0 bridgehead atoms. The van der Waals surface area contributed by atoms with Gasteiger partial charge in [-0.2, -0.15) is 0 Å². The second-order valence-corrected chi connectivity index (χ2v) is 8.96. The van der Waals surface area contributed by atoms with Crippen molar-refractivity contribution >= 4 is 21.4 Å². The second-order valence-electron chi connectivity index (χ2n) is 6.95. The smallest absolute Gasteiger partial charge is 0.238 e. The standard InChI is InChI=1S/C20H23FN2O3S/c1-27(25,26)19-9-7-17(8-10-19)22-20(24)14-23-11-3-6-18(23)13-15-4-2-5-16(21)12-15/h2,4-5,7-10,12,18H,3,6,11,13-14H2,1H3,(H,22,24). The minimum atomic E-state index is -3.25. The van der Waals surface area contributed by atoms with Gasteiger partial charge < -0.3 is 5.32 Å². The van der Waals surface area contributed by atoms with E-state index in [0.717, 1.165) is 31.2 Å². The molecule has 7 heteroatoms. The Kier molecular flexibility index (Phi) is 5.92. The molecule has 1 aliphatic rings. The van der Waals surface area contributed by atoms with Gasteiger partial charge in [0.15, 0.2) is 9.84 Å². The van der Waals surface area contributed by atoms with Crippen LogP contribution in [0.5, 0.6) is 0 Å². The summed E-state index contributed by atoms with van der Waals surface area (Å²) in [5, 5.41) is 2.81. The van der Waals surface area contributed by atoms with Crippen molar-refractivity contribution in [2.45, 2.75) is 30.2 Å². The summed E-state index contributed by atoms with van der Waals surface area (Å²) in [6, 6.07) is 12.9. The molecule has 144 valence electrons. The monoisotopic (exact) mass is 390 g/mol. The molecule has 0 aliphatic carbocycles. The van der Waals surface area contributed by atoms with Crippen molar-refractivity contribution in [3.8, 4) is 0 Å². The van der Waals surface area contributed by atoms with Gasteiger partial charge in [-0.25, -0.2) is 12.8 Å². The first-order valence-corrected chi connectivity index (χ1v) is 10.8. The molecule has 1 heterocycles. The number of nitrogens with one attached hydrogen (secondary N) is 1. The molecule has 5 nitrogen and oxygen atoms in total.